The van der Waals surface area contributed by atoms with Gasteiger partial charge in [0, 0.05) is 33.4 Å². The van der Waals surface area contributed by atoms with Crippen molar-refractivity contribution in [1.82, 2.24) is 10.2 Å². The molecule has 0 amide bonds. The van der Waals surface area contributed by atoms with Gasteiger partial charge >= 0.3 is 0 Å². The van der Waals surface area contributed by atoms with Gasteiger partial charge in [-0.15, -0.1) is 0 Å². The van der Waals surface area contributed by atoms with E-state index in [-0.39, 0.29) is 6.29 Å². The Morgan fingerprint density at radius 2 is 2.00 bits per heavy atom. The van der Waals surface area contributed by atoms with Gasteiger partial charge in [0.25, 0.3) is 0 Å². The standard InChI is InChI=1S/C12H26N2O2/c1-10(2)14-6-5-11(9-14)7-13-8-12(15-3)16-4/h10-13H,5-9H2,1-4H3. The summed E-state index contributed by atoms with van der Waals surface area (Å²) < 4.78 is 10.3. The molecule has 1 aliphatic heterocycles. The summed E-state index contributed by atoms with van der Waals surface area (Å²) in [4.78, 5) is 2.54. The molecule has 16 heavy (non-hydrogen) atoms. The predicted octanol–water partition coefficient (Wildman–Crippen LogP) is 0.925. The number of nitrogens with zero attached hydrogens (tertiary/aromatic N) is 1. The molecule has 1 aliphatic rings. The van der Waals surface area contributed by atoms with Crippen LogP contribution in [0.3, 0.4) is 0 Å². The number of hydrogen-bond acceptors (Lipinski definition) is 4. The monoisotopic (exact) mass is 230 g/mol. The Balaban J connectivity index is 2.11. The Kier molecular flexibility index (Phi) is 6.28. The lowest BCUT2D eigenvalue weighted by Crippen LogP contribution is -2.34. The van der Waals surface area contributed by atoms with E-state index in [0.29, 0.717) is 6.04 Å². The first kappa shape index (κ1) is 13.9. The van der Waals surface area contributed by atoms with Crippen molar-refractivity contribution in [3.63, 3.8) is 0 Å². The number of rotatable bonds is 7. The van der Waals surface area contributed by atoms with Crippen LogP contribution in [0.15, 0.2) is 0 Å². The van der Waals surface area contributed by atoms with Gasteiger partial charge in [-0.05, 0) is 39.3 Å². The Hall–Kier alpha value is -0.160. The fraction of sp³-hybridized carbons (Fsp3) is 1.00. The van der Waals surface area contributed by atoms with Crippen molar-refractivity contribution in [1.29, 1.82) is 0 Å². The van der Waals surface area contributed by atoms with Crippen molar-refractivity contribution in [2.24, 2.45) is 5.92 Å². The smallest absolute Gasteiger partial charge is 0.169 e. The van der Waals surface area contributed by atoms with E-state index in [4.69, 9.17) is 9.47 Å². The van der Waals surface area contributed by atoms with E-state index < -0.39 is 0 Å². The summed E-state index contributed by atoms with van der Waals surface area (Å²) >= 11 is 0. The molecule has 1 saturated heterocycles. The molecule has 0 bridgehead atoms. The fourth-order valence-electron chi connectivity index (χ4n) is 2.17. The lowest BCUT2D eigenvalue weighted by atomic mass is 10.1. The zero-order valence-electron chi connectivity index (χ0n) is 11.0. The SMILES string of the molecule is COC(CNCC1CCN(C(C)C)C1)OC. The average molecular weight is 230 g/mol. The van der Waals surface area contributed by atoms with Crippen LogP contribution in [-0.4, -0.2) is 57.6 Å². The minimum Gasteiger partial charge on any atom is -0.355 e. The van der Waals surface area contributed by atoms with E-state index in [2.05, 4.69) is 24.1 Å². The molecule has 1 unspecified atom stereocenters. The van der Waals surface area contributed by atoms with Gasteiger partial charge in [-0.25, -0.2) is 0 Å². The van der Waals surface area contributed by atoms with Gasteiger partial charge in [0.2, 0.25) is 0 Å². The second kappa shape index (κ2) is 7.22. The molecule has 0 saturated carbocycles. The molecule has 1 N–H and O–H groups in total. The van der Waals surface area contributed by atoms with Gasteiger partial charge in [0.15, 0.2) is 6.29 Å². The number of likely N-dealkylation sites (tertiary alicyclic amines) is 1. The summed E-state index contributed by atoms with van der Waals surface area (Å²) in [7, 11) is 3.35. The molecule has 0 aliphatic carbocycles. The highest BCUT2D eigenvalue weighted by Crippen LogP contribution is 2.17. The van der Waals surface area contributed by atoms with Crippen molar-refractivity contribution < 1.29 is 9.47 Å². The molecule has 0 radical (unpaired) electrons. The van der Waals surface area contributed by atoms with Gasteiger partial charge in [-0.3, -0.25) is 0 Å². The highest BCUT2D eigenvalue weighted by atomic mass is 16.7. The molecule has 4 heteroatoms. The molecule has 0 aromatic rings. The van der Waals surface area contributed by atoms with Crippen LogP contribution in [0.25, 0.3) is 0 Å². The van der Waals surface area contributed by atoms with E-state index in [0.717, 1.165) is 19.0 Å². The molecule has 4 nitrogen and oxygen atoms in total. The third-order valence-corrected chi connectivity index (χ3v) is 3.32. The third-order valence-electron chi connectivity index (χ3n) is 3.32. The normalized spacial score (nSPS) is 22.5. The van der Waals surface area contributed by atoms with Gasteiger partial charge in [-0.2, -0.15) is 0 Å². The van der Waals surface area contributed by atoms with Gasteiger partial charge in [0.05, 0.1) is 0 Å². The van der Waals surface area contributed by atoms with Crippen LogP contribution >= 0.6 is 0 Å². The van der Waals surface area contributed by atoms with E-state index >= 15 is 0 Å². The van der Waals surface area contributed by atoms with Gasteiger partial charge < -0.3 is 19.7 Å². The Morgan fingerprint density at radius 1 is 1.31 bits per heavy atom. The summed E-state index contributed by atoms with van der Waals surface area (Å²) in [5.41, 5.74) is 0. The largest absolute Gasteiger partial charge is 0.355 e. The molecule has 0 aromatic carbocycles. The van der Waals surface area contributed by atoms with Crippen LogP contribution in [0.2, 0.25) is 0 Å². The lowest BCUT2D eigenvalue weighted by molar-refractivity contribution is -0.0989. The summed E-state index contributed by atoms with van der Waals surface area (Å²) in [6, 6.07) is 0.677. The van der Waals surface area contributed by atoms with Crippen molar-refractivity contribution in [2.45, 2.75) is 32.6 Å². The van der Waals surface area contributed by atoms with Gasteiger partial charge in [0.1, 0.15) is 0 Å². The summed E-state index contributed by atoms with van der Waals surface area (Å²) in [6.07, 6.45) is 1.18. The highest BCUT2D eigenvalue weighted by Gasteiger charge is 2.23. The highest BCUT2D eigenvalue weighted by molar-refractivity contribution is 4.79. The maximum absolute atomic E-state index is 5.13. The molecule has 0 spiro atoms. The first-order valence-electron chi connectivity index (χ1n) is 6.17. The Bertz CT molecular complexity index is 184. The number of methoxy groups -OCH3 is 2. The second-order valence-electron chi connectivity index (χ2n) is 4.80. The molecular formula is C12H26N2O2. The van der Waals surface area contributed by atoms with Crippen molar-refractivity contribution in [3.05, 3.63) is 0 Å². The molecular weight excluding hydrogens is 204 g/mol. The van der Waals surface area contributed by atoms with Crippen LogP contribution in [-0.2, 0) is 9.47 Å². The van der Waals surface area contributed by atoms with Crippen molar-refractivity contribution in [2.75, 3.05) is 40.4 Å². The Labute approximate surface area is 99.3 Å². The maximum atomic E-state index is 5.13. The topological polar surface area (TPSA) is 33.7 Å². The third kappa shape index (κ3) is 4.37. The van der Waals surface area contributed by atoms with E-state index in [9.17, 15) is 0 Å². The minimum atomic E-state index is -0.123. The van der Waals surface area contributed by atoms with Crippen LogP contribution in [0.1, 0.15) is 20.3 Å². The molecule has 0 aromatic heterocycles. The predicted molar refractivity (Wildman–Crippen MR) is 65.5 cm³/mol. The summed E-state index contributed by atoms with van der Waals surface area (Å²) in [6.45, 7) is 8.82. The van der Waals surface area contributed by atoms with Crippen LogP contribution in [0, 0.1) is 5.92 Å². The van der Waals surface area contributed by atoms with Gasteiger partial charge in [-0.1, -0.05) is 0 Å². The zero-order chi connectivity index (χ0) is 12.0. The number of ether oxygens (including phenoxy) is 2. The summed E-state index contributed by atoms with van der Waals surface area (Å²) in [5.74, 6) is 0.775. The lowest BCUT2D eigenvalue weighted by Gasteiger charge is -2.20. The quantitative estimate of drug-likeness (QED) is 0.660. The van der Waals surface area contributed by atoms with E-state index in [1.165, 1.54) is 19.5 Å². The first-order chi connectivity index (χ1) is 7.67. The minimum absolute atomic E-state index is 0.123. The molecule has 96 valence electrons. The van der Waals surface area contributed by atoms with Crippen LogP contribution in [0.5, 0.6) is 0 Å². The van der Waals surface area contributed by atoms with Crippen LogP contribution < -0.4 is 5.32 Å². The fourth-order valence-corrected chi connectivity index (χ4v) is 2.17. The number of nitrogens with one attached hydrogen (secondary N) is 1. The maximum Gasteiger partial charge on any atom is 0.169 e. The molecule has 1 rings (SSSR count). The van der Waals surface area contributed by atoms with E-state index in [1.807, 2.05) is 0 Å². The van der Waals surface area contributed by atoms with Crippen molar-refractivity contribution in [3.8, 4) is 0 Å². The second-order valence-corrected chi connectivity index (χ2v) is 4.80. The molecule has 1 heterocycles. The molecule has 1 atom stereocenters. The van der Waals surface area contributed by atoms with E-state index in [1.54, 1.807) is 14.2 Å². The van der Waals surface area contributed by atoms with Crippen molar-refractivity contribution >= 4 is 0 Å². The average Bonchev–Trinajstić information content (AvgIpc) is 2.73. The number of hydrogen-bond donors (Lipinski definition) is 1. The molecule has 1 fully saturated rings. The zero-order valence-corrected chi connectivity index (χ0v) is 11.0. The summed E-state index contributed by atoms with van der Waals surface area (Å²) in [5, 5.41) is 3.41. The Morgan fingerprint density at radius 3 is 2.50 bits per heavy atom. The van der Waals surface area contributed by atoms with Crippen LogP contribution in [0.4, 0.5) is 0 Å². The first-order valence-corrected chi connectivity index (χ1v) is 6.17.